The molecule has 0 aliphatic carbocycles. The first-order chi connectivity index (χ1) is 29.4. The molecule has 0 saturated carbocycles. The topological polar surface area (TPSA) is 192 Å². The lowest BCUT2D eigenvalue weighted by Gasteiger charge is -2.35. The van der Waals surface area contributed by atoms with Gasteiger partial charge in [0, 0.05) is 74.5 Å². The van der Waals surface area contributed by atoms with Crippen LogP contribution >= 0.6 is 136 Å². The summed E-state index contributed by atoms with van der Waals surface area (Å²) < 4.78 is 77.9. The van der Waals surface area contributed by atoms with E-state index in [0.717, 1.165) is 57.6 Å². The van der Waals surface area contributed by atoms with E-state index < -0.39 is 60.6 Å². The fourth-order valence-electron chi connectivity index (χ4n) is 8.27. The Hall–Kier alpha value is -0.250. The molecule has 0 radical (unpaired) electrons. The highest BCUT2D eigenvalue weighted by Gasteiger charge is 2.54. The average Bonchev–Trinajstić information content (AvgIpc) is 3.54. The predicted molar refractivity (Wildman–Crippen MR) is 300 cm³/mol. The van der Waals surface area contributed by atoms with Gasteiger partial charge in [0.15, 0.2) is 11.6 Å². The molecule has 4 rings (SSSR count). The minimum atomic E-state index is -4.54. The van der Waals surface area contributed by atoms with Gasteiger partial charge in [0.25, 0.3) is 10.1 Å². The molecule has 3 atom stereocenters. The Morgan fingerprint density at radius 1 is 0.841 bits per heavy atom. The van der Waals surface area contributed by atoms with E-state index in [9.17, 15) is 45.7 Å². The van der Waals surface area contributed by atoms with E-state index in [1.54, 1.807) is 24.3 Å². The first-order valence-corrected chi connectivity index (χ1v) is 29.4. The Morgan fingerprint density at radius 3 is 2.00 bits per heavy atom. The molecule has 0 saturated heterocycles. The van der Waals surface area contributed by atoms with Crippen molar-refractivity contribution in [2.75, 3.05) is 23.1 Å². The van der Waals surface area contributed by atoms with Crippen LogP contribution in [0.4, 0.5) is 11.4 Å². The molecule has 12 nitrogen and oxygen atoms in total. The summed E-state index contributed by atoms with van der Waals surface area (Å²) in [4.78, 5) is 25.8. The van der Waals surface area contributed by atoms with Gasteiger partial charge in [-0.3, -0.25) is 14.1 Å². The SMILES string of the molecule is C=C.CCCCC(C(=O)O)C1(C)/C(=C/C=C/C=C/C=C/C2=[N+](CCCS(=O)(=O)[O-])c3cc(I)c(I)c(I)c3C2(C)CCCCCC(=O)O)N(CS(=O)(=O)O)c2cc(I)c(I)c(I)c21. The van der Waals surface area contributed by atoms with Gasteiger partial charge in [0.05, 0.1) is 27.0 Å². The monoisotopic (exact) mass is 1580 g/mol. The molecule has 0 amide bonds. The maximum absolute atomic E-state index is 13.0. The van der Waals surface area contributed by atoms with Crippen molar-refractivity contribution in [1.29, 1.82) is 0 Å². The summed E-state index contributed by atoms with van der Waals surface area (Å²) in [6, 6.07) is 3.92. The van der Waals surface area contributed by atoms with Crippen molar-refractivity contribution in [2.24, 2.45) is 5.92 Å². The lowest BCUT2D eigenvalue weighted by Crippen LogP contribution is -2.41. The van der Waals surface area contributed by atoms with Crippen LogP contribution in [0.15, 0.2) is 73.5 Å². The van der Waals surface area contributed by atoms with Crippen LogP contribution in [0.3, 0.4) is 0 Å². The van der Waals surface area contributed by atoms with Gasteiger partial charge in [-0.1, -0.05) is 63.0 Å². The van der Waals surface area contributed by atoms with Gasteiger partial charge in [-0.2, -0.15) is 13.0 Å². The summed E-state index contributed by atoms with van der Waals surface area (Å²) >= 11 is 13.6. The first-order valence-electron chi connectivity index (χ1n) is 19.7. The zero-order valence-corrected chi connectivity index (χ0v) is 49.4. The lowest BCUT2D eigenvalue weighted by molar-refractivity contribution is -0.437. The first kappa shape index (κ1) is 57.1. The number of fused-ring (bicyclic) bond motifs is 2. The molecule has 346 valence electrons. The molecule has 3 unspecified atom stereocenters. The van der Waals surface area contributed by atoms with Crippen molar-refractivity contribution in [3.8, 4) is 0 Å². The van der Waals surface area contributed by atoms with E-state index in [1.807, 2.05) is 38.1 Å². The fourth-order valence-corrected chi connectivity index (χ4v) is 14.7. The zero-order chi connectivity index (χ0) is 47.7. The van der Waals surface area contributed by atoms with Gasteiger partial charge in [-0.15, -0.1) is 13.2 Å². The second-order valence-electron chi connectivity index (χ2n) is 15.3. The van der Waals surface area contributed by atoms with Gasteiger partial charge in [-0.05, 0) is 181 Å². The molecule has 0 fully saturated rings. The van der Waals surface area contributed by atoms with Crippen LogP contribution in [0.5, 0.6) is 0 Å². The molecular formula is C43H50I6N2O10S2. The molecule has 63 heavy (non-hydrogen) atoms. The maximum Gasteiger partial charge on any atom is 0.307 e. The normalized spacial score (nSPS) is 19.9. The van der Waals surface area contributed by atoms with Crippen LogP contribution in [-0.2, 0) is 40.7 Å². The van der Waals surface area contributed by atoms with Crippen molar-refractivity contribution in [1.82, 2.24) is 0 Å². The largest absolute Gasteiger partial charge is 0.748 e. The van der Waals surface area contributed by atoms with Crippen LogP contribution in [0, 0.1) is 27.3 Å². The van der Waals surface area contributed by atoms with E-state index in [2.05, 4.69) is 166 Å². The van der Waals surface area contributed by atoms with E-state index in [0.29, 0.717) is 49.2 Å². The predicted octanol–water partition coefficient (Wildman–Crippen LogP) is 11.5. The Morgan fingerprint density at radius 2 is 1.43 bits per heavy atom. The molecule has 2 heterocycles. The van der Waals surface area contributed by atoms with Crippen molar-refractivity contribution in [3.63, 3.8) is 0 Å². The third kappa shape index (κ3) is 14.2. The number of hydrogen-bond donors (Lipinski definition) is 3. The minimum Gasteiger partial charge on any atom is -0.748 e. The number of anilines is 1. The summed E-state index contributed by atoms with van der Waals surface area (Å²) in [6.45, 7) is 12.3. The quantitative estimate of drug-likeness (QED) is 0.0205. The average molecular weight is 1580 g/mol. The number of hydrogen-bond acceptors (Lipinski definition) is 8. The van der Waals surface area contributed by atoms with Gasteiger partial charge in [0.2, 0.25) is 5.69 Å². The van der Waals surface area contributed by atoms with E-state index in [-0.39, 0.29) is 12.8 Å². The highest BCUT2D eigenvalue weighted by atomic mass is 127. The highest BCUT2D eigenvalue weighted by Crippen LogP contribution is 2.56. The second kappa shape index (κ2) is 24.9. The van der Waals surface area contributed by atoms with Crippen molar-refractivity contribution in [2.45, 2.75) is 89.4 Å². The van der Waals surface area contributed by atoms with E-state index in [4.69, 9.17) is 0 Å². The number of carboxylic acids is 2. The number of rotatable bonds is 21. The Bertz CT molecular complexity index is 2450. The number of carbonyl (C=O) groups is 2. The smallest absolute Gasteiger partial charge is 0.307 e. The number of benzene rings is 2. The molecule has 2 aromatic carbocycles. The molecule has 2 aliphatic heterocycles. The molecule has 0 spiro atoms. The fraction of sp³-hybridized carbons (Fsp3) is 0.419. The molecule has 20 heteroatoms. The third-order valence-corrected chi connectivity index (χ3v) is 22.6. The molecule has 3 N–H and O–H groups in total. The van der Waals surface area contributed by atoms with Gasteiger partial charge in [-0.25, -0.2) is 8.42 Å². The third-order valence-electron chi connectivity index (χ3n) is 11.0. The zero-order valence-electron chi connectivity index (χ0n) is 34.9. The summed E-state index contributed by atoms with van der Waals surface area (Å²) in [5, 5.41) is 19.9. The van der Waals surface area contributed by atoms with Crippen LogP contribution < -0.4 is 4.90 Å². The van der Waals surface area contributed by atoms with Gasteiger partial charge < -0.3 is 19.7 Å². The van der Waals surface area contributed by atoms with E-state index >= 15 is 0 Å². The van der Waals surface area contributed by atoms with Crippen molar-refractivity contribution >= 4 is 185 Å². The molecular weight excluding hydrogens is 1530 g/mol. The summed E-state index contributed by atoms with van der Waals surface area (Å²) in [7, 11) is -8.98. The molecule has 0 bridgehead atoms. The second-order valence-corrected chi connectivity index (χ2v) is 24.8. The number of allylic oxidation sites excluding steroid dienone is 8. The van der Waals surface area contributed by atoms with Crippen LogP contribution in [0.25, 0.3) is 0 Å². The van der Waals surface area contributed by atoms with Crippen LogP contribution in [0.2, 0.25) is 0 Å². The molecule has 2 aliphatic rings. The molecule has 2 aromatic rings. The Kier molecular flexibility index (Phi) is 22.5. The Labute approximate surface area is 453 Å². The van der Waals surface area contributed by atoms with Crippen LogP contribution in [0.1, 0.15) is 89.7 Å². The standard InChI is InChI=1S/C41H46I6N2O10S2.C2H4/c1-4-5-15-25(39(52)53)41(3)31(49(24-61(57,58)59)29-23-27(43)36(45)38(47)34(29)41)17-11-8-6-7-10-16-30-40(2,19-13-9-12-18-32(50)51)33-28(22-26(42)35(44)37(33)46)48(30)20-14-21-60(54,55)56;1-2/h6-8,10-11,16-17,22-23,25H,4-5,9,12-15,18-21,24H2,1-3H3,(H3-,50,51,52,53,54,55,56,57,58,59);1-2H2. The highest BCUT2D eigenvalue weighted by molar-refractivity contribution is 14.1. The van der Waals surface area contributed by atoms with E-state index in [1.165, 1.54) is 4.90 Å². The summed E-state index contributed by atoms with van der Waals surface area (Å²) in [6.07, 6.45) is 17.4. The number of carboxylic acid groups (broad SMARTS) is 2. The van der Waals surface area contributed by atoms with Gasteiger partial charge >= 0.3 is 11.9 Å². The number of aliphatic carboxylic acids is 2. The van der Waals surface area contributed by atoms with Crippen molar-refractivity contribution in [3.05, 3.63) is 106 Å². The number of unbranched alkanes of at least 4 members (excludes halogenated alkanes) is 3. The number of nitrogens with zero attached hydrogens (tertiary/aromatic N) is 2. The maximum atomic E-state index is 13.0. The molecule has 0 aromatic heterocycles. The lowest BCUT2D eigenvalue weighted by atomic mass is 9.69. The number of halogens is 6. The van der Waals surface area contributed by atoms with Crippen molar-refractivity contribution < 1.29 is 50.3 Å². The summed E-state index contributed by atoms with van der Waals surface area (Å²) in [5.74, 6) is -3.99. The van der Waals surface area contributed by atoms with Gasteiger partial charge in [0.1, 0.15) is 6.54 Å². The summed E-state index contributed by atoms with van der Waals surface area (Å²) in [5.41, 5.74) is 2.96. The minimum absolute atomic E-state index is 0.0873. The Balaban J connectivity index is 0.00000520. The van der Waals surface area contributed by atoms with Crippen LogP contribution in [-0.4, -0.2) is 76.6 Å².